The molecular formula is C48H82O22. The zero-order valence-corrected chi connectivity index (χ0v) is 40.3. The fourth-order valence-corrected chi connectivity index (χ4v) is 9.92. The van der Waals surface area contributed by atoms with Crippen molar-refractivity contribution in [3.05, 3.63) is 35.9 Å². The second kappa shape index (κ2) is 28.9. The van der Waals surface area contributed by atoms with E-state index in [0.717, 1.165) is 64.2 Å². The minimum Gasteiger partial charge on any atom is -0.394 e. The molecule has 0 radical (unpaired) electrons. The standard InChI is InChI=1S/C48H82O22/c1-3-5-7-12-17-48(18-13-8-6-4-2,27-14-10-9-11-15-27)19-16-26(24-63-44-40(61)36(57)42(30(22-51)67-44)69-46-38(59)34(55)32(53)28(20-49)65-46)25-64-45-41(62)37(58)43(31(23-52)68-45)70-47-39(60)35(56)33(54)29(21-50)66-47/h9-11,14-15,26,28-47,49-62H,3-8,12-13,16-25H2,1-2H3/t26?,28?,29?,30?,31?,32-,33-,34+,35+,36-,37-,38?,39?,40?,41?,42-,43-,44-,45-,46-,47-/m0/s1. The van der Waals surface area contributed by atoms with Crippen molar-refractivity contribution >= 4 is 0 Å². The van der Waals surface area contributed by atoms with Gasteiger partial charge in [-0.15, -0.1) is 0 Å². The molecule has 0 spiro atoms. The molecule has 1 aromatic carbocycles. The van der Waals surface area contributed by atoms with E-state index in [0.29, 0.717) is 12.8 Å². The van der Waals surface area contributed by atoms with Crippen LogP contribution in [0.4, 0.5) is 0 Å². The van der Waals surface area contributed by atoms with E-state index < -0.39 is 155 Å². The van der Waals surface area contributed by atoms with Gasteiger partial charge in [-0.25, -0.2) is 0 Å². The molecule has 22 nitrogen and oxygen atoms in total. The van der Waals surface area contributed by atoms with E-state index in [-0.39, 0.29) is 18.6 Å². The fourth-order valence-electron chi connectivity index (χ4n) is 9.92. The van der Waals surface area contributed by atoms with Crippen LogP contribution in [0, 0.1) is 5.92 Å². The highest BCUT2D eigenvalue weighted by Crippen LogP contribution is 2.42. The smallest absolute Gasteiger partial charge is 0.187 e. The van der Waals surface area contributed by atoms with Gasteiger partial charge in [0.15, 0.2) is 25.2 Å². The number of hydrogen-bond acceptors (Lipinski definition) is 22. The molecule has 0 aliphatic carbocycles. The van der Waals surface area contributed by atoms with E-state index >= 15 is 0 Å². The van der Waals surface area contributed by atoms with Crippen molar-refractivity contribution in [1.29, 1.82) is 0 Å². The summed E-state index contributed by atoms with van der Waals surface area (Å²) in [6, 6.07) is 10.3. The van der Waals surface area contributed by atoms with Crippen molar-refractivity contribution in [2.45, 2.75) is 219 Å². The van der Waals surface area contributed by atoms with Crippen molar-refractivity contribution in [2.24, 2.45) is 5.92 Å². The maximum atomic E-state index is 11.4. The summed E-state index contributed by atoms with van der Waals surface area (Å²) in [6.07, 6.45) is -21.9. The lowest BCUT2D eigenvalue weighted by Crippen LogP contribution is -2.65. The molecule has 0 saturated carbocycles. The van der Waals surface area contributed by atoms with Gasteiger partial charge in [-0.3, -0.25) is 0 Å². The quantitative estimate of drug-likeness (QED) is 0.0387. The van der Waals surface area contributed by atoms with Crippen LogP contribution in [0.5, 0.6) is 0 Å². The molecular weight excluding hydrogens is 929 g/mol. The lowest BCUT2D eigenvalue weighted by atomic mass is 9.68. The summed E-state index contributed by atoms with van der Waals surface area (Å²) >= 11 is 0. The van der Waals surface area contributed by atoms with Crippen molar-refractivity contribution in [3.63, 3.8) is 0 Å². The van der Waals surface area contributed by atoms with E-state index in [1.54, 1.807) is 0 Å². The number of aliphatic hydroxyl groups is 14. The van der Waals surface area contributed by atoms with Crippen molar-refractivity contribution in [3.8, 4) is 0 Å². The van der Waals surface area contributed by atoms with Crippen LogP contribution in [-0.4, -0.2) is 234 Å². The molecule has 0 bridgehead atoms. The minimum atomic E-state index is -1.85. The summed E-state index contributed by atoms with van der Waals surface area (Å²) in [5, 5.41) is 148. The van der Waals surface area contributed by atoms with Gasteiger partial charge >= 0.3 is 0 Å². The van der Waals surface area contributed by atoms with Gasteiger partial charge in [-0.2, -0.15) is 0 Å². The number of hydrogen-bond donors (Lipinski definition) is 14. The van der Waals surface area contributed by atoms with Crippen LogP contribution in [0.3, 0.4) is 0 Å². The Morgan fingerprint density at radius 3 is 1.21 bits per heavy atom. The molecule has 0 amide bonds. The Labute approximate surface area is 409 Å². The van der Waals surface area contributed by atoms with Crippen LogP contribution in [0.1, 0.15) is 96.5 Å². The largest absolute Gasteiger partial charge is 0.394 e. The normalized spacial score (nSPS) is 39.0. The second-order valence-electron chi connectivity index (χ2n) is 19.3. The molecule has 4 saturated heterocycles. The molecule has 1 aromatic rings. The van der Waals surface area contributed by atoms with E-state index in [1.807, 2.05) is 18.2 Å². The predicted octanol–water partition coefficient (Wildman–Crippen LogP) is -2.46. The summed E-state index contributed by atoms with van der Waals surface area (Å²) < 4.78 is 46.5. The number of benzene rings is 1. The number of unbranched alkanes of at least 4 members (excludes halogenated alkanes) is 6. The zero-order valence-electron chi connectivity index (χ0n) is 40.3. The molecule has 4 aliphatic heterocycles. The van der Waals surface area contributed by atoms with Gasteiger partial charge in [0.2, 0.25) is 0 Å². The third-order valence-electron chi connectivity index (χ3n) is 14.3. The molecule has 22 heteroatoms. The predicted molar refractivity (Wildman–Crippen MR) is 243 cm³/mol. The minimum absolute atomic E-state index is 0.195. The van der Waals surface area contributed by atoms with Gasteiger partial charge in [0, 0.05) is 5.92 Å². The molecule has 20 atom stereocenters. The number of aliphatic hydroxyl groups excluding tert-OH is 14. The summed E-state index contributed by atoms with van der Waals surface area (Å²) in [5.74, 6) is -0.568. The Hall–Kier alpha value is -1.66. The number of ether oxygens (including phenoxy) is 8. The van der Waals surface area contributed by atoms with Crippen molar-refractivity contribution in [2.75, 3.05) is 39.6 Å². The number of rotatable bonds is 28. The molecule has 5 rings (SSSR count). The van der Waals surface area contributed by atoms with E-state index in [4.69, 9.17) is 37.9 Å². The van der Waals surface area contributed by atoms with E-state index in [9.17, 15) is 71.5 Å². The molecule has 8 unspecified atom stereocenters. The maximum Gasteiger partial charge on any atom is 0.187 e. The summed E-state index contributed by atoms with van der Waals surface area (Å²) in [7, 11) is 0. The van der Waals surface area contributed by atoms with Crippen LogP contribution in [0.25, 0.3) is 0 Å². The van der Waals surface area contributed by atoms with E-state index in [1.165, 1.54) is 5.56 Å². The Balaban J connectivity index is 1.36. The first-order valence-corrected chi connectivity index (χ1v) is 25.1. The third-order valence-corrected chi connectivity index (χ3v) is 14.3. The van der Waals surface area contributed by atoms with Crippen LogP contribution in [0.2, 0.25) is 0 Å². The Morgan fingerprint density at radius 1 is 0.443 bits per heavy atom. The van der Waals surface area contributed by atoms with Gasteiger partial charge < -0.3 is 109 Å². The van der Waals surface area contributed by atoms with Gasteiger partial charge in [0.05, 0.1) is 39.6 Å². The molecule has 4 fully saturated rings. The topological polar surface area (TPSA) is 357 Å². The highest BCUT2D eigenvalue weighted by molar-refractivity contribution is 5.25. The Morgan fingerprint density at radius 2 is 0.829 bits per heavy atom. The molecule has 70 heavy (non-hydrogen) atoms. The summed E-state index contributed by atoms with van der Waals surface area (Å²) in [5.41, 5.74) is 0.905. The first-order chi connectivity index (χ1) is 33.6. The molecule has 4 heterocycles. The first kappa shape index (κ1) is 59.2. The molecule has 0 aromatic heterocycles. The second-order valence-corrected chi connectivity index (χ2v) is 19.3. The SMILES string of the molecule is CCCCCCC(CCCCCC)(CCC(CO[C@H]1OC(CO)[C@H](O[C@@H]2OC(CO)[C@H](O)[C@@H](O)C2O)[C@@H](O)C1O)CO[C@H]1OC(CO)[C@H](O[C@@H]2OC(CO)[C@H](O)[C@@H](O)C2O)[C@@H](O)C1O)c1ccccc1. The lowest BCUT2D eigenvalue weighted by molar-refractivity contribution is -0.363. The monoisotopic (exact) mass is 1010 g/mol. The van der Waals surface area contributed by atoms with Crippen LogP contribution in [-0.2, 0) is 43.3 Å². The van der Waals surface area contributed by atoms with Crippen LogP contribution in [0.15, 0.2) is 30.3 Å². The molecule has 406 valence electrons. The molecule has 14 N–H and O–H groups in total. The Bertz CT molecular complexity index is 1490. The average Bonchev–Trinajstić information content (AvgIpc) is 3.37. The van der Waals surface area contributed by atoms with Crippen molar-refractivity contribution < 1.29 is 109 Å². The summed E-state index contributed by atoms with van der Waals surface area (Å²) in [6.45, 7) is 0.868. The van der Waals surface area contributed by atoms with E-state index in [2.05, 4.69) is 26.0 Å². The van der Waals surface area contributed by atoms with Gasteiger partial charge in [-0.1, -0.05) is 95.5 Å². The fraction of sp³-hybridized carbons (Fsp3) is 0.875. The van der Waals surface area contributed by atoms with Gasteiger partial charge in [-0.05, 0) is 36.7 Å². The lowest BCUT2D eigenvalue weighted by Gasteiger charge is -2.46. The molecule has 4 aliphatic rings. The third kappa shape index (κ3) is 14.8. The van der Waals surface area contributed by atoms with Gasteiger partial charge in [0.25, 0.3) is 0 Å². The van der Waals surface area contributed by atoms with Gasteiger partial charge in [0.1, 0.15) is 97.7 Å². The first-order valence-electron chi connectivity index (χ1n) is 25.1. The van der Waals surface area contributed by atoms with Crippen molar-refractivity contribution in [1.82, 2.24) is 0 Å². The Kier molecular flexibility index (Phi) is 24.4. The highest BCUT2D eigenvalue weighted by atomic mass is 16.8. The maximum absolute atomic E-state index is 11.4. The van der Waals surface area contributed by atoms with Crippen LogP contribution >= 0.6 is 0 Å². The highest BCUT2D eigenvalue weighted by Gasteiger charge is 2.53. The summed E-state index contributed by atoms with van der Waals surface area (Å²) in [4.78, 5) is 0. The average molecular weight is 1010 g/mol. The van der Waals surface area contributed by atoms with Crippen LogP contribution < -0.4 is 0 Å². The zero-order chi connectivity index (χ0) is 51.1.